The second-order valence-electron chi connectivity index (χ2n) is 5.94. The lowest BCUT2D eigenvalue weighted by Gasteiger charge is -2.25. The van der Waals surface area contributed by atoms with E-state index in [1.54, 1.807) is 0 Å². The maximum absolute atomic E-state index is 5.89. The number of nitrogens with zero attached hydrogens (tertiary/aromatic N) is 3. The minimum absolute atomic E-state index is 0.431. The van der Waals surface area contributed by atoms with E-state index in [1.807, 2.05) is 19.9 Å². The Kier molecular flexibility index (Phi) is 4.60. The number of aromatic nitrogens is 1. The molecule has 1 aromatic heterocycles. The Morgan fingerprint density at radius 2 is 2.25 bits per heavy atom. The fraction of sp³-hybridized carbons (Fsp3) is 0.600. The van der Waals surface area contributed by atoms with Crippen LogP contribution in [0.3, 0.4) is 0 Å². The monoisotopic (exact) mass is 292 g/mol. The van der Waals surface area contributed by atoms with Crippen molar-refractivity contribution in [2.45, 2.75) is 20.3 Å². The predicted molar refractivity (Wildman–Crippen MR) is 88.5 cm³/mol. The average molecular weight is 292 g/mol. The summed E-state index contributed by atoms with van der Waals surface area (Å²) in [5, 5.41) is 0. The summed E-state index contributed by atoms with van der Waals surface area (Å²) in [6, 6.07) is 2.04. The van der Waals surface area contributed by atoms with Crippen molar-refractivity contribution < 1.29 is 0 Å². The third-order valence-electron chi connectivity index (χ3n) is 3.95. The van der Waals surface area contributed by atoms with Gasteiger partial charge in [0, 0.05) is 25.8 Å². The van der Waals surface area contributed by atoms with Gasteiger partial charge in [-0.1, -0.05) is 12.2 Å². The van der Waals surface area contributed by atoms with Gasteiger partial charge in [-0.2, -0.15) is 0 Å². The van der Waals surface area contributed by atoms with Crippen LogP contribution >= 0.6 is 12.2 Å². The summed E-state index contributed by atoms with van der Waals surface area (Å²) in [5.74, 6) is 1.61. The van der Waals surface area contributed by atoms with Gasteiger partial charge in [-0.25, -0.2) is 4.98 Å². The number of pyridine rings is 1. The largest absolute Gasteiger partial charge is 0.389 e. The van der Waals surface area contributed by atoms with E-state index in [0.29, 0.717) is 10.9 Å². The molecule has 1 atom stereocenters. The van der Waals surface area contributed by atoms with Crippen LogP contribution in [0.2, 0.25) is 0 Å². The highest BCUT2D eigenvalue weighted by atomic mass is 32.1. The van der Waals surface area contributed by atoms with Crippen molar-refractivity contribution in [2.75, 3.05) is 38.6 Å². The second-order valence-corrected chi connectivity index (χ2v) is 6.38. The van der Waals surface area contributed by atoms with Gasteiger partial charge in [-0.15, -0.1) is 0 Å². The molecule has 0 radical (unpaired) electrons. The molecule has 0 spiro atoms. The first-order valence-electron chi connectivity index (χ1n) is 7.06. The number of rotatable bonds is 4. The van der Waals surface area contributed by atoms with E-state index in [0.717, 1.165) is 35.7 Å². The van der Waals surface area contributed by atoms with Crippen LogP contribution in [0.5, 0.6) is 0 Å². The number of likely N-dealkylation sites (tertiary alicyclic amines) is 1. The quantitative estimate of drug-likeness (QED) is 0.856. The molecule has 20 heavy (non-hydrogen) atoms. The molecule has 2 rings (SSSR count). The molecule has 0 aromatic carbocycles. The summed E-state index contributed by atoms with van der Waals surface area (Å²) in [4.78, 5) is 9.68. The van der Waals surface area contributed by atoms with Crippen molar-refractivity contribution >= 4 is 23.0 Å². The van der Waals surface area contributed by atoms with Crippen LogP contribution in [0.4, 0.5) is 5.82 Å². The molecule has 110 valence electrons. The van der Waals surface area contributed by atoms with Gasteiger partial charge < -0.3 is 15.5 Å². The first-order chi connectivity index (χ1) is 9.38. The molecule has 0 saturated carbocycles. The van der Waals surface area contributed by atoms with Crippen LogP contribution in [-0.4, -0.2) is 48.6 Å². The van der Waals surface area contributed by atoms with Crippen molar-refractivity contribution in [2.24, 2.45) is 11.7 Å². The topological polar surface area (TPSA) is 45.4 Å². The van der Waals surface area contributed by atoms with Crippen LogP contribution in [0.1, 0.15) is 23.2 Å². The van der Waals surface area contributed by atoms with E-state index in [9.17, 15) is 0 Å². The van der Waals surface area contributed by atoms with Gasteiger partial charge in [0.15, 0.2) is 0 Å². The summed E-state index contributed by atoms with van der Waals surface area (Å²) < 4.78 is 0. The molecule has 2 N–H and O–H groups in total. The molecule has 0 bridgehead atoms. The number of thiocarbonyl (C=S) groups is 1. The minimum Gasteiger partial charge on any atom is -0.389 e. The predicted octanol–water partition coefficient (Wildman–Crippen LogP) is 1.72. The summed E-state index contributed by atoms with van der Waals surface area (Å²) in [7, 11) is 4.26. The summed E-state index contributed by atoms with van der Waals surface area (Å²) in [6.07, 6.45) is 1.24. The molecule has 1 aromatic rings. The van der Waals surface area contributed by atoms with E-state index in [4.69, 9.17) is 18.0 Å². The van der Waals surface area contributed by atoms with Crippen LogP contribution in [0, 0.1) is 19.8 Å². The lowest BCUT2D eigenvalue weighted by molar-refractivity contribution is 0.395. The molecule has 5 heteroatoms. The maximum Gasteiger partial charge on any atom is 0.139 e. The van der Waals surface area contributed by atoms with Crippen molar-refractivity contribution in [3.8, 4) is 0 Å². The SMILES string of the molecule is Cc1cc(C)c(C(N)=S)c(N(C)CC2CCN(C)C2)n1. The van der Waals surface area contributed by atoms with Gasteiger partial charge in [0.2, 0.25) is 0 Å². The molecule has 1 saturated heterocycles. The summed E-state index contributed by atoms with van der Waals surface area (Å²) in [5.41, 5.74) is 8.92. The molecular weight excluding hydrogens is 268 g/mol. The number of nitrogens with two attached hydrogens (primary N) is 1. The van der Waals surface area contributed by atoms with E-state index in [-0.39, 0.29) is 0 Å². The Balaban J connectivity index is 2.24. The standard InChI is InChI=1S/C15H24N4S/c1-10-7-11(2)17-15(13(10)14(16)20)19(4)9-12-5-6-18(3)8-12/h7,12H,5-6,8-9H2,1-4H3,(H2,16,20). The molecular formula is C15H24N4S. The zero-order valence-corrected chi connectivity index (χ0v) is 13.6. The van der Waals surface area contributed by atoms with E-state index in [1.165, 1.54) is 13.0 Å². The first-order valence-corrected chi connectivity index (χ1v) is 7.47. The molecule has 0 amide bonds. The van der Waals surface area contributed by atoms with Crippen molar-refractivity contribution in [1.82, 2.24) is 9.88 Å². The maximum atomic E-state index is 5.89. The fourth-order valence-electron chi connectivity index (χ4n) is 3.05. The summed E-state index contributed by atoms with van der Waals surface area (Å²) in [6.45, 7) is 7.38. The Labute approximate surface area is 127 Å². The zero-order chi connectivity index (χ0) is 14.9. The lowest BCUT2D eigenvalue weighted by Crippen LogP contribution is -2.30. The van der Waals surface area contributed by atoms with Gasteiger partial charge >= 0.3 is 0 Å². The Bertz CT molecular complexity index is 515. The van der Waals surface area contributed by atoms with Crippen molar-refractivity contribution in [3.05, 3.63) is 22.9 Å². The molecule has 1 fully saturated rings. The highest BCUT2D eigenvalue weighted by molar-refractivity contribution is 7.80. The first kappa shape index (κ1) is 15.2. The minimum atomic E-state index is 0.431. The van der Waals surface area contributed by atoms with Crippen molar-refractivity contribution in [3.63, 3.8) is 0 Å². The highest BCUT2D eigenvalue weighted by Gasteiger charge is 2.23. The van der Waals surface area contributed by atoms with Gasteiger partial charge in [-0.3, -0.25) is 0 Å². The van der Waals surface area contributed by atoms with Gasteiger partial charge in [-0.05, 0) is 51.4 Å². The zero-order valence-electron chi connectivity index (χ0n) is 12.8. The number of hydrogen-bond acceptors (Lipinski definition) is 4. The third-order valence-corrected chi connectivity index (χ3v) is 4.16. The Hall–Kier alpha value is -1.20. The normalized spacial score (nSPS) is 19.3. The molecule has 1 unspecified atom stereocenters. The van der Waals surface area contributed by atoms with Gasteiger partial charge in [0.05, 0.1) is 5.56 Å². The van der Waals surface area contributed by atoms with Crippen LogP contribution in [-0.2, 0) is 0 Å². The third kappa shape index (κ3) is 3.27. The lowest BCUT2D eigenvalue weighted by atomic mass is 10.1. The van der Waals surface area contributed by atoms with Crippen LogP contribution in [0.15, 0.2) is 6.07 Å². The smallest absolute Gasteiger partial charge is 0.139 e. The van der Waals surface area contributed by atoms with Crippen LogP contribution < -0.4 is 10.6 Å². The summed E-state index contributed by atoms with van der Waals surface area (Å²) >= 11 is 5.20. The van der Waals surface area contributed by atoms with Gasteiger partial charge in [0.25, 0.3) is 0 Å². The van der Waals surface area contributed by atoms with Crippen molar-refractivity contribution in [1.29, 1.82) is 0 Å². The fourth-order valence-corrected chi connectivity index (χ4v) is 3.30. The van der Waals surface area contributed by atoms with Crippen LogP contribution in [0.25, 0.3) is 0 Å². The number of aryl methyl sites for hydroxylation is 2. The van der Waals surface area contributed by atoms with E-state index < -0.39 is 0 Å². The molecule has 1 aliphatic heterocycles. The number of anilines is 1. The average Bonchev–Trinajstić information content (AvgIpc) is 2.72. The van der Waals surface area contributed by atoms with Gasteiger partial charge in [0.1, 0.15) is 10.8 Å². The molecule has 0 aliphatic carbocycles. The van der Waals surface area contributed by atoms with E-state index >= 15 is 0 Å². The molecule has 4 nitrogen and oxygen atoms in total. The Morgan fingerprint density at radius 1 is 1.55 bits per heavy atom. The van der Waals surface area contributed by atoms with E-state index in [2.05, 4.69) is 28.9 Å². The molecule has 1 aliphatic rings. The number of hydrogen-bond donors (Lipinski definition) is 1. The molecule has 2 heterocycles. The Morgan fingerprint density at radius 3 is 2.80 bits per heavy atom. The second kappa shape index (κ2) is 6.06. The highest BCUT2D eigenvalue weighted by Crippen LogP contribution is 2.24.